The Kier molecular flexibility index (Phi) is 3.41. The third-order valence-electron chi connectivity index (χ3n) is 3.88. The number of anilines is 1. The van der Waals surface area contributed by atoms with Crippen molar-refractivity contribution in [3.63, 3.8) is 0 Å². The molecule has 0 saturated carbocycles. The van der Waals surface area contributed by atoms with E-state index in [1.165, 1.54) is 10.4 Å². The maximum atomic E-state index is 6.16. The monoisotopic (exact) mass is 297 g/mol. The maximum Gasteiger partial charge on any atom is 0.142 e. The number of nitrogens with zero attached hydrogens (tertiary/aromatic N) is 2. The van der Waals surface area contributed by atoms with E-state index in [9.17, 15) is 0 Å². The highest BCUT2D eigenvalue weighted by molar-refractivity contribution is 7.18. The minimum absolute atomic E-state index is 0.264. The van der Waals surface area contributed by atoms with E-state index in [1.54, 1.807) is 11.3 Å². The molecule has 0 bridgehead atoms. The molecule has 3 rings (SSSR count). The zero-order valence-corrected chi connectivity index (χ0v) is 13.4. The molecule has 4 heteroatoms. The van der Waals surface area contributed by atoms with Crippen molar-refractivity contribution in [2.75, 3.05) is 5.73 Å². The van der Waals surface area contributed by atoms with E-state index in [0.29, 0.717) is 5.82 Å². The minimum atomic E-state index is -0.264. The van der Waals surface area contributed by atoms with E-state index in [1.807, 2.05) is 18.2 Å². The first-order valence-corrected chi connectivity index (χ1v) is 7.96. The summed E-state index contributed by atoms with van der Waals surface area (Å²) in [6, 6.07) is 12.4. The number of thiophene rings is 1. The maximum absolute atomic E-state index is 6.16. The Hall–Kier alpha value is -1.94. The molecule has 0 amide bonds. The molecular formula is C17H19N3S. The third kappa shape index (κ3) is 2.40. The minimum Gasteiger partial charge on any atom is -0.383 e. The van der Waals surface area contributed by atoms with Crippen LogP contribution in [0.2, 0.25) is 0 Å². The highest BCUT2D eigenvalue weighted by Gasteiger charge is 2.27. The Balaban J connectivity index is 2.16. The average molecular weight is 297 g/mol. The van der Waals surface area contributed by atoms with E-state index < -0.39 is 0 Å². The molecule has 0 aliphatic carbocycles. The van der Waals surface area contributed by atoms with Gasteiger partial charge >= 0.3 is 0 Å². The zero-order chi connectivity index (χ0) is 15.0. The molecule has 21 heavy (non-hydrogen) atoms. The highest BCUT2D eigenvalue weighted by atomic mass is 32.1. The third-order valence-corrected chi connectivity index (χ3v) is 5.05. The summed E-state index contributed by atoms with van der Waals surface area (Å²) in [5.74, 6) is 1.36. The number of nitrogen functional groups attached to an aromatic ring is 1. The first-order chi connectivity index (χ1) is 10.0. The quantitative estimate of drug-likeness (QED) is 0.789. The molecule has 0 saturated heterocycles. The number of rotatable bonds is 3. The van der Waals surface area contributed by atoms with E-state index in [2.05, 4.69) is 44.0 Å². The molecule has 0 unspecified atom stereocenters. The van der Waals surface area contributed by atoms with Crippen LogP contribution < -0.4 is 5.73 Å². The van der Waals surface area contributed by atoms with E-state index in [-0.39, 0.29) is 5.41 Å². The van der Waals surface area contributed by atoms with Crippen LogP contribution in [0.5, 0.6) is 0 Å². The van der Waals surface area contributed by atoms with Crippen molar-refractivity contribution in [1.29, 1.82) is 0 Å². The Morgan fingerprint density at radius 2 is 1.86 bits per heavy atom. The molecule has 3 aromatic rings. The summed E-state index contributed by atoms with van der Waals surface area (Å²) >= 11 is 1.71. The Morgan fingerprint density at radius 3 is 2.52 bits per heavy atom. The number of benzene rings is 1. The smallest absolute Gasteiger partial charge is 0.142 e. The second-order valence-corrected chi connectivity index (χ2v) is 6.82. The topological polar surface area (TPSA) is 51.8 Å². The van der Waals surface area contributed by atoms with E-state index in [4.69, 9.17) is 10.7 Å². The Bertz CT molecular complexity index is 775. The van der Waals surface area contributed by atoms with Gasteiger partial charge in [-0.05, 0) is 31.9 Å². The number of hydrogen-bond donors (Lipinski definition) is 1. The van der Waals surface area contributed by atoms with Gasteiger partial charge in [-0.1, -0.05) is 37.3 Å². The molecule has 0 aliphatic rings. The van der Waals surface area contributed by atoms with Crippen molar-refractivity contribution >= 4 is 27.4 Å². The summed E-state index contributed by atoms with van der Waals surface area (Å²) in [6.07, 6.45) is 0.998. The summed E-state index contributed by atoms with van der Waals surface area (Å²) in [6.45, 7) is 6.41. The second kappa shape index (κ2) is 5.11. The van der Waals surface area contributed by atoms with Crippen LogP contribution in [0, 0.1) is 0 Å². The fourth-order valence-corrected chi connectivity index (χ4v) is 3.41. The van der Waals surface area contributed by atoms with Gasteiger partial charge in [0, 0.05) is 10.3 Å². The van der Waals surface area contributed by atoms with Gasteiger partial charge in [0.05, 0.1) is 5.39 Å². The summed E-state index contributed by atoms with van der Waals surface area (Å²) < 4.78 is 0. The van der Waals surface area contributed by atoms with Crippen LogP contribution in [0.4, 0.5) is 5.82 Å². The van der Waals surface area contributed by atoms with Gasteiger partial charge in [-0.2, -0.15) is 0 Å². The van der Waals surface area contributed by atoms with Crippen molar-refractivity contribution in [2.24, 2.45) is 0 Å². The van der Waals surface area contributed by atoms with Crippen LogP contribution in [-0.4, -0.2) is 9.97 Å². The fourth-order valence-electron chi connectivity index (χ4n) is 2.43. The molecule has 2 N–H and O–H groups in total. The van der Waals surface area contributed by atoms with Crippen LogP contribution in [0.25, 0.3) is 10.2 Å². The lowest BCUT2D eigenvalue weighted by molar-refractivity contribution is 0.595. The van der Waals surface area contributed by atoms with Crippen molar-refractivity contribution in [3.05, 3.63) is 52.7 Å². The van der Waals surface area contributed by atoms with Crippen molar-refractivity contribution < 1.29 is 0 Å². The molecule has 2 aromatic heterocycles. The molecule has 0 radical (unpaired) electrons. The highest BCUT2D eigenvalue weighted by Crippen LogP contribution is 2.34. The van der Waals surface area contributed by atoms with Gasteiger partial charge < -0.3 is 5.73 Å². The van der Waals surface area contributed by atoms with Gasteiger partial charge in [0.1, 0.15) is 16.5 Å². The number of aryl methyl sites for hydroxylation is 1. The van der Waals surface area contributed by atoms with Crippen molar-refractivity contribution in [3.8, 4) is 0 Å². The van der Waals surface area contributed by atoms with Crippen LogP contribution in [-0.2, 0) is 11.8 Å². The molecule has 3 nitrogen and oxygen atoms in total. The molecule has 0 fully saturated rings. The summed E-state index contributed by atoms with van der Waals surface area (Å²) in [5.41, 5.74) is 7.08. The lowest BCUT2D eigenvalue weighted by atomic mass is 9.84. The van der Waals surface area contributed by atoms with Gasteiger partial charge in [0.15, 0.2) is 0 Å². The van der Waals surface area contributed by atoms with Crippen molar-refractivity contribution in [1.82, 2.24) is 9.97 Å². The normalized spacial score (nSPS) is 12.0. The molecular weight excluding hydrogens is 278 g/mol. The predicted molar refractivity (Wildman–Crippen MR) is 89.8 cm³/mol. The lowest BCUT2D eigenvalue weighted by Crippen LogP contribution is -2.22. The van der Waals surface area contributed by atoms with E-state index in [0.717, 1.165) is 22.5 Å². The molecule has 108 valence electrons. The molecule has 2 heterocycles. The zero-order valence-electron chi connectivity index (χ0n) is 12.6. The van der Waals surface area contributed by atoms with Gasteiger partial charge in [0.2, 0.25) is 0 Å². The van der Waals surface area contributed by atoms with Crippen LogP contribution in [0.15, 0.2) is 36.4 Å². The lowest BCUT2D eigenvalue weighted by Gasteiger charge is -2.23. The first kappa shape index (κ1) is 14.0. The summed E-state index contributed by atoms with van der Waals surface area (Å²) in [5, 5.41) is 0.976. The summed E-state index contributed by atoms with van der Waals surface area (Å²) in [7, 11) is 0. The van der Waals surface area contributed by atoms with Gasteiger partial charge in [-0.3, -0.25) is 0 Å². The largest absolute Gasteiger partial charge is 0.383 e. The van der Waals surface area contributed by atoms with E-state index >= 15 is 0 Å². The first-order valence-electron chi connectivity index (χ1n) is 7.14. The van der Waals surface area contributed by atoms with Crippen LogP contribution >= 0.6 is 11.3 Å². The summed E-state index contributed by atoms with van der Waals surface area (Å²) in [4.78, 5) is 11.6. The predicted octanol–water partition coefficient (Wildman–Crippen LogP) is 4.16. The Morgan fingerprint density at radius 1 is 1.14 bits per heavy atom. The fraction of sp³-hybridized carbons (Fsp3) is 0.294. The van der Waals surface area contributed by atoms with Gasteiger partial charge in [0.25, 0.3) is 0 Å². The van der Waals surface area contributed by atoms with Gasteiger partial charge in [-0.15, -0.1) is 11.3 Å². The van der Waals surface area contributed by atoms with Crippen molar-refractivity contribution in [2.45, 2.75) is 32.6 Å². The van der Waals surface area contributed by atoms with Crippen LogP contribution in [0.3, 0.4) is 0 Å². The SMILES string of the molecule is CCc1cc2c(N)nc(C(C)(C)c3ccccc3)nc2s1. The number of aromatic nitrogens is 2. The number of nitrogens with two attached hydrogens (primary N) is 1. The molecule has 0 spiro atoms. The van der Waals surface area contributed by atoms with Gasteiger partial charge in [-0.25, -0.2) is 9.97 Å². The number of fused-ring (bicyclic) bond motifs is 1. The molecule has 0 atom stereocenters. The number of hydrogen-bond acceptors (Lipinski definition) is 4. The average Bonchev–Trinajstić information content (AvgIpc) is 2.92. The Labute approximate surface area is 128 Å². The molecule has 0 aliphatic heterocycles. The van der Waals surface area contributed by atoms with Crippen LogP contribution in [0.1, 0.15) is 37.0 Å². The molecule has 1 aromatic carbocycles. The second-order valence-electron chi connectivity index (χ2n) is 5.71. The standard InChI is InChI=1S/C17H19N3S/c1-4-12-10-13-14(18)19-16(20-15(13)21-12)17(2,3)11-8-6-5-7-9-11/h5-10H,4H2,1-3H3,(H2,18,19,20).